The Morgan fingerprint density at radius 3 is 1.29 bits per heavy atom. The summed E-state index contributed by atoms with van der Waals surface area (Å²) < 4.78 is 9.34. The maximum atomic E-state index is 12.2. The Labute approximate surface area is 243 Å². The van der Waals surface area contributed by atoms with Gasteiger partial charge in [0, 0.05) is 12.4 Å². The van der Waals surface area contributed by atoms with Crippen LogP contribution in [0.4, 0.5) is 21.0 Å². The van der Waals surface area contributed by atoms with E-state index in [1.54, 1.807) is 38.1 Å². The molecule has 0 aliphatic carbocycles. The van der Waals surface area contributed by atoms with Crippen molar-refractivity contribution < 1.29 is 38.9 Å². The standard InChI is InChI=1S/C30H34N4O8/c1-5-41-29(39)33-27(37)25(19(3)35)17-31-23-13-9-21(10-14-23)7-8-22-11-15-24(16-12-22)32-18-26(20(4)36)28(38)34-30(40)42-6-2/h9-18,35-36H,5-8H2,1-4H3,(H,33,37,39)(H,34,38,40)/b25-19-,26-20+,31-17?,32-18?. The van der Waals surface area contributed by atoms with Crippen LogP contribution in [-0.2, 0) is 31.9 Å². The maximum absolute atomic E-state index is 12.2. The van der Waals surface area contributed by atoms with E-state index in [4.69, 9.17) is 0 Å². The molecule has 0 aromatic heterocycles. The summed E-state index contributed by atoms with van der Waals surface area (Å²) in [6, 6.07) is 14.6. The molecule has 42 heavy (non-hydrogen) atoms. The Bertz CT molecular complexity index is 1280. The first kappa shape index (κ1) is 32.9. The van der Waals surface area contributed by atoms with Crippen molar-refractivity contribution in [1.82, 2.24) is 10.6 Å². The van der Waals surface area contributed by atoms with Crippen molar-refractivity contribution in [2.45, 2.75) is 40.5 Å². The smallest absolute Gasteiger partial charge is 0.414 e. The summed E-state index contributed by atoms with van der Waals surface area (Å²) in [6.45, 7) is 6.03. The molecule has 0 fully saturated rings. The third-order valence-electron chi connectivity index (χ3n) is 5.51. The molecule has 0 radical (unpaired) electrons. The molecule has 4 amide bonds. The number of carbonyl (C=O) groups excluding carboxylic acids is 4. The molecule has 12 nitrogen and oxygen atoms in total. The molecular formula is C30H34N4O8. The van der Waals surface area contributed by atoms with Gasteiger partial charge in [0.1, 0.15) is 11.5 Å². The second kappa shape index (κ2) is 16.8. The van der Waals surface area contributed by atoms with Gasteiger partial charge in [-0.3, -0.25) is 30.2 Å². The van der Waals surface area contributed by atoms with Gasteiger partial charge < -0.3 is 19.7 Å². The van der Waals surface area contributed by atoms with Crippen LogP contribution in [0.25, 0.3) is 0 Å². The predicted octanol–water partition coefficient (Wildman–Crippen LogP) is 5.09. The molecule has 0 spiro atoms. The van der Waals surface area contributed by atoms with Crippen LogP contribution in [-0.4, -0.2) is 59.9 Å². The van der Waals surface area contributed by atoms with Gasteiger partial charge >= 0.3 is 12.2 Å². The molecule has 0 saturated carbocycles. The van der Waals surface area contributed by atoms with Crippen molar-refractivity contribution in [3.05, 3.63) is 82.3 Å². The van der Waals surface area contributed by atoms with Gasteiger partial charge in [0.15, 0.2) is 0 Å². The number of allylic oxidation sites excluding steroid dienone is 2. The highest BCUT2D eigenvalue weighted by Gasteiger charge is 2.16. The lowest BCUT2D eigenvalue weighted by Crippen LogP contribution is -2.33. The Morgan fingerprint density at radius 2 is 1.00 bits per heavy atom. The highest BCUT2D eigenvalue weighted by molar-refractivity contribution is 6.17. The van der Waals surface area contributed by atoms with Crippen LogP contribution in [0.5, 0.6) is 0 Å². The molecule has 0 bridgehead atoms. The molecule has 2 aromatic rings. The lowest BCUT2D eigenvalue weighted by Gasteiger charge is -2.06. The number of nitrogens with one attached hydrogen (secondary N) is 2. The van der Waals surface area contributed by atoms with E-state index in [0.717, 1.165) is 24.0 Å². The summed E-state index contributed by atoms with van der Waals surface area (Å²) in [5.74, 6) is -2.25. The first-order valence-corrected chi connectivity index (χ1v) is 13.1. The summed E-state index contributed by atoms with van der Waals surface area (Å²) in [5, 5.41) is 23.6. The van der Waals surface area contributed by atoms with Crippen molar-refractivity contribution in [2.24, 2.45) is 9.98 Å². The summed E-state index contributed by atoms with van der Waals surface area (Å²) in [4.78, 5) is 55.7. The number of alkyl carbamates (subject to hydrolysis) is 2. The number of hydrogen-bond acceptors (Lipinski definition) is 10. The maximum Gasteiger partial charge on any atom is 0.414 e. The van der Waals surface area contributed by atoms with Crippen LogP contribution >= 0.6 is 0 Å². The summed E-state index contributed by atoms with van der Waals surface area (Å²) in [7, 11) is 0. The number of aliphatic hydroxyl groups is 2. The molecule has 12 heteroatoms. The molecule has 0 atom stereocenters. The Morgan fingerprint density at radius 1 is 0.667 bits per heavy atom. The minimum Gasteiger partial charge on any atom is -0.512 e. The lowest BCUT2D eigenvalue weighted by molar-refractivity contribution is -0.117. The predicted molar refractivity (Wildman–Crippen MR) is 158 cm³/mol. The minimum absolute atomic E-state index is 0.0997. The first-order valence-electron chi connectivity index (χ1n) is 13.1. The van der Waals surface area contributed by atoms with Gasteiger partial charge in [0.05, 0.1) is 35.7 Å². The molecule has 0 heterocycles. The fraction of sp³-hybridized carbons (Fsp3) is 0.267. The average molecular weight is 579 g/mol. The number of nitrogens with zero attached hydrogens (tertiary/aromatic N) is 2. The monoisotopic (exact) mass is 578 g/mol. The lowest BCUT2D eigenvalue weighted by atomic mass is 10.0. The van der Waals surface area contributed by atoms with Gasteiger partial charge in [-0.15, -0.1) is 0 Å². The SMILES string of the molecule is CCOC(=O)NC(=O)/C(C=Nc1ccc(CCc2ccc(N=C/C(C(=O)NC(=O)OCC)=C(/C)O)cc2)cc1)=C(/C)O. The van der Waals surface area contributed by atoms with E-state index in [0.29, 0.717) is 11.4 Å². The number of amides is 4. The summed E-state index contributed by atoms with van der Waals surface area (Å²) in [6.07, 6.45) is 2.00. The van der Waals surface area contributed by atoms with Gasteiger partial charge in [-0.25, -0.2) is 9.59 Å². The number of benzene rings is 2. The quantitative estimate of drug-likeness (QED) is 0.162. The van der Waals surface area contributed by atoms with E-state index >= 15 is 0 Å². The number of hydrogen-bond donors (Lipinski definition) is 4. The van der Waals surface area contributed by atoms with Crippen molar-refractivity contribution in [3.63, 3.8) is 0 Å². The fourth-order valence-electron chi connectivity index (χ4n) is 3.35. The number of aryl methyl sites for hydroxylation is 2. The van der Waals surface area contributed by atoms with E-state index in [2.05, 4.69) is 19.5 Å². The van der Waals surface area contributed by atoms with Gasteiger partial charge in [-0.1, -0.05) is 24.3 Å². The zero-order valence-corrected chi connectivity index (χ0v) is 23.8. The number of carbonyl (C=O) groups is 4. The molecule has 4 N–H and O–H groups in total. The van der Waals surface area contributed by atoms with Crippen LogP contribution in [0, 0.1) is 0 Å². The molecule has 0 saturated heterocycles. The first-order chi connectivity index (χ1) is 20.0. The highest BCUT2D eigenvalue weighted by atomic mass is 16.6. The normalized spacial score (nSPS) is 12.4. The van der Waals surface area contributed by atoms with Crippen LogP contribution in [0.2, 0.25) is 0 Å². The molecule has 0 aliphatic heterocycles. The summed E-state index contributed by atoms with van der Waals surface area (Å²) in [5.41, 5.74) is 2.85. The highest BCUT2D eigenvalue weighted by Crippen LogP contribution is 2.18. The van der Waals surface area contributed by atoms with Crippen LogP contribution in [0.1, 0.15) is 38.8 Å². The van der Waals surface area contributed by atoms with Gasteiger partial charge in [0.2, 0.25) is 0 Å². The average Bonchev–Trinajstić information content (AvgIpc) is 2.93. The van der Waals surface area contributed by atoms with Crippen molar-refractivity contribution in [3.8, 4) is 0 Å². The van der Waals surface area contributed by atoms with Crippen molar-refractivity contribution in [2.75, 3.05) is 13.2 Å². The Kier molecular flexibility index (Phi) is 13.1. The van der Waals surface area contributed by atoms with Crippen LogP contribution < -0.4 is 10.6 Å². The zero-order valence-electron chi connectivity index (χ0n) is 23.8. The molecule has 2 aromatic carbocycles. The van der Waals surface area contributed by atoms with Gasteiger partial charge in [-0.2, -0.15) is 0 Å². The number of imide groups is 2. The van der Waals surface area contributed by atoms with Crippen molar-refractivity contribution in [1.29, 1.82) is 0 Å². The van der Waals surface area contributed by atoms with Gasteiger partial charge in [0.25, 0.3) is 11.8 Å². The molecule has 2 rings (SSSR count). The third-order valence-corrected chi connectivity index (χ3v) is 5.51. The second-order valence-electron chi connectivity index (χ2n) is 8.70. The number of aliphatic imine (C=N–C) groups is 2. The van der Waals surface area contributed by atoms with Crippen molar-refractivity contribution >= 4 is 47.8 Å². The Hall–Kier alpha value is -5.26. The van der Waals surface area contributed by atoms with Gasteiger partial charge in [-0.05, 0) is 75.9 Å². The number of aliphatic hydroxyl groups excluding tert-OH is 2. The number of rotatable bonds is 11. The molecule has 222 valence electrons. The van der Waals surface area contributed by atoms with E-state index in [1.165, 1.54) is 26.3 Å². The molecule has 0 aliphatic rings. The van der Waals surface area contributed by atoms with E-state index < -0.39 is 24.0 Å². The van der Waals surface area contributed by atoms with Crippen LogP contribution in [0.3, 0.4) is 0 Å². The zero-order chi connectivity index (χ0) is 31.1. The summed E-state index contributed by atoms with van der Waals surface area (Å²) >= 11 is 0. The third kappa shape index (κ3) is 11.1. The molecule has 0 unspecified atom stereocenters. The van der Waals surface area contributed by atoms with E-state index in [1.807, 2.05) is 34.9 Å². The minimum atomic E-state index is -0.915. The molecular weight excluding hydrogens is 544 g/mol. The Balaban J connectivity index is 1.96. The number of ether oxygens (including phenoxy) is 2. The largest absolute Gasteiger partial charge is 0.512 e. The second-order valence-corrected chi connectivity index (χ2v) is 8.70. The van der Waals surface area contributed by atoms with E-state index in [-0.39, 0.29) is 35.9 Å². The van der Waals surface area contributed by atoms with Crippen LogP contribution in [0.15, 0.2) is 81.2 Å². The van der Waals surface area contributed by atoms with E-state index in [9.17, 15) is 29.4 Å². The fourth-order valence-corrected chi connectivity index (χ4v) is 3.35. The topological polar surface area (TPSA) is 176 Å².